The van der Waals surface area contributed by atoms with Crippen molar-refractivity contribution >= 4 is 22.7 Å². The molecule has 2 heterocycles. The second-order valence-electron chi connectivity index (χ2n) is 5.74. The van der Waals surface area contributed by atoms with Crippen molar-refractivity contribution in [3.8, 4) is 0 Å². The number of piperidine rings is 1. The molecule has 0 saturated carbocycles. The molecule has 0 aromatic heterocycles. The zero-order chi connectivity index (χ0) is 15.2. The van der Waals surface area contributed by atoms with E-state index in [0.29, 0.717) is 5.04 Å². The number of carbonyl (C=O) groups is 1. The topological polar surface area (TPSA) is 56.7 Å². The molecule has 6 heteroatoms. The Morgan fingerprint density at radius 2 is 2.38 bits per heavy atom. The summed E-state index contributed by atoms with van der Waals surface area (Å²) in [6.45, 7) is 8.02. The Balaban J connectivity index is 1.94. The van der Waals surface area contributed by atoms with Gasteiger partial charge in [0.05, 0.1) is 0 Å². The standard InChI is InChI=1S/C15H26N4OS/c1-4-19(3)9-12-10-21-15(17-11(12)2)14(20)18-13-6-5-7-16-8-13/h13,16H,4-10H2,1-3H3,(H,18,20)/t13-/m0/s1. The van der Waals surface area contributed by atoms with E-state index in [4.69, 9.17) is 0 Å². The summed E-state index contributed by atoms with van der Waals surface area (Å²) in [4.78, 5) is 19.0. The molecule has 0 aromatic carbocycles. The van der Waals surface area contributed by atoms with Crippen molar-refractivity contribution in [3.63, 3.8) is 0 Å². The van der Waals surface area contributed by atoms with Crippen LogP contribution in [0.15, 0.2) is 16.3 Å². The van der Waals surface area contributed by atoms with Crippen molar-refractivity contribution in [3.05, 3.63) is 11.3 Å². The molecular weight excluding hydrogens is 284 g/mol. The van der Waals surface area contributed by atoms with Gasteiger partial charge in [-0.25, -0.2) is 4.99 Å². The number of thioether (sulfide) groups is 1. The van der Waals surface area contributed by atoms with Gasteiger partial charge in [0.15, 0.2) is 5.04 Å². The minimum Gasteiger partial charge on any atom is -0.346 e. The van der Waals surface area contributed by atoms with E-state index >= 15 is 0 Å². The first-order valence-electron chi connectivity index (χ1n) is 7.70. The minimum absolute atomic E-state index is 0.0176. The first-order valence-corrected chi connectivity index (χ1v) is 8.69. The fourth-order valence-corrected chi connectivity index (χ4v) is 3.46. The SMILES string of the molecule is CCN(C)CC1=C(C)N=C(C(=O)N[C@H]2CCCNC2)SC1. The van der Waals surface area contributed by atoms with E-state index in [2.05, 4.69) is 34.5 Å². The number of carbonyl (C=O) groups excluding carboxylic acids is 1. The Labute approximate surface area is 131 Å². The van der Waals surface area contributed by atoms with Crippen LogP contribution in [-0.2, 0) is 4.79 Å². The first kappa shape index (κ1) is 16.5. The smallest absolute Gasteiger partial charge is 0.276 e. The molecule has 5 nitrogen and oxygen atoms in total. The average molecular weight is 310 g/mol. The van der Waals surface area contributed by atoms with Crippen LogP contribution in [0.5, 0.6) is 0 Å². The van der Waals surface area contributed by atoms with Crippen molar-refractivity contribution in [2.24, 2.45) is 4.99 Å². The average Bonchev–Trinajstić information content (AvgIpc) is 2.50. The van der Waals surface area contributed by atoms with Gasteiger partial charge in [-0.1, -0.05) is 18.7 Å². The molecule has 2 N–H and O–H groups in total. The number of rotatable bonds is 5. The summed E-state index contributed by atoms with van der Waals surface area (Å²) < 4.78 is 0. The molecular formula is C15H26N4OS. The summed E-state index contributed by atoms with van der Waals surface area (Å²) in [6.07, 6.45) is 2.18. The molecule has 21 heavy (non-hydrogen) atoms. The highest BCUT2D eigenvalue weighted by molar-refractivity contribution is 8.15. The number of allylic oxidation sites excluding steroid dienone is 1. The maximum Gasteiger partial charge on any atom is 0.276 e. The van der Waals surface area contributed by atoms with E-state index in [0.717, 1.165) is 50.5 Å². The maximum absolute atomic E-state index is 12.3. The molecule has 118 valence electrons. The summed E-state index contributed by atoms with van der Waals surface area (Å²) in [7, 11) is 2.10. The molecule has 2 aliphatic rings. The van der Waals surface area contributed by atoms with Crippen LogP contribution in [0.3, 0.4) is 0 Å². The van der Waals surface area contributed by atoms with Gasteiger partial charge in [-0.3, -0.25) is 4.79 Å². The largest absolute Gasteiger partial charge is 0.346 e. The van der Waals surface area contributed by atoms with Crippen LogP contribution >= 0.6 is 11.8 Å². The zero-order valence-electron chi connectivity index (χ0n) is 13.2. The van der Waals surface area contributed by atoms with Gasteiger partial charge < -0.3 is 15.5 Å². The Morgan fingerprint density at radius 3 is 3.00 bits per heavy atom. The van der Waals surface area contributed by atoms with Crippen molar-refractivity contribution in [2.75, 3.05) is 39.0 Å². The first-order chi connectivity index (χ1) is 10.1. The third-order valence-corrected chi connectivity index (χ3v) is 5.03. The molecule has 2 rings (SSSR count). The van der Waals surface area contributed by atoms with Gasteiger partial charge >= 0.3 is 0 Å². The van der Waals surface area contributed by atoms with E-state index in [-0.39, 0.29) is 11.9 Å². The minimum atomic E-state index is -0.0176. The molecule has 1 amide bonds. The van der Waals surface area contributed by atoms with Crippen molar-refractivity contribution in [1.82, 2.24) is 15.5 Å². The van der Waals surface area contributed by atoms with E-state index in [1.165, 1.54) is 5.57 Å². The number of amides is 1. The van der Waals surface area contributed by atoms with Crippen molar-refractivity contribution < 1.29 is 4.79 Å². The molecule has 0 aromatic rings. The third kappa shape index (κ3) is 4.83. The van der Waals surface area contributed by atoms with Crippen molar-refractivity contribution in [2.45, 2.75) is 32.7 Å². The normalized spacial score (nSPS) is 23.2. The van der Waals surface area contributed by atoms with Crippen molar-refractivity contribution in [1.29, 1.82) is 0 Å². The summed E-state index contributed by atoms with van der Waals surface area (Å²) >= 11 is 1.56. The molecule has 0 radical (unpaired) electrons. The lowest BCUT2D eigenvalue weighted by Gasteiger charge is -2.25. The van der Waals surface area contributed by atoms with Gasteiger partial charge in [0, 0.05) is 30.6 Å². The van der Waals surface area contributed by atoms with Crippen LogP contribution in [0.2, 0.25) is 0 Å². The molecule has 1 saturated heterocycles. The number of nitrogens with one attached hydrogen (secondary N) is 2. The number of hydrogen-bond donors (Lipinski definition) is 2. The van der Waals surface area contributed by atoms with Crippen LogP contribution in [0.1, 0.15) is 26.7 Å². The molecule has 0 unspecified atom stereocenters. The lowest BCUT2D eigenvalue weighted by atomic mass is 10.1. The van der Waals surface area contributed by atoms with Crippen LogP contribution in [0.25, 0.3) is 0 Å². The van der Waals surface area contributed by atoms with Crippen LogP contribution in [0, 0.1) is 0 Å². The van der Waals surface area contributed by atoms with Gasteiger partial charge in [-0.2, -0.15) is 0 Å². The summed E-state index contributed by atoms with van der Waals surface area (Å²) in [5.41, 5.74) is 2.32. The molecule has 2 aliphatic heterocycles. The van der Waals surface area contributed by atoms with Gasteiger partial charge in [-0.05, 0) is 45.5 Å². The fourth-order valence-electron chi connectivity index (χ4n) is 2.46. The summed E-state index contributed by atoms with van der Waals surface area (Å²) in [5, 5.41) is 7.01. The van der Waals surface area contributed by atoms with Crippen LogP contribution < -0.4 is 10.6 Å². The van der Waals surface area contributed by atoms with E-state index in [1.807, 2.05) is 6.92 Å². The summed E-state index contributed by atoms with van der Waals surface area (Å²) in [6, 6.07) is 0.242. The number of likely N-dealkylation sites (N-methyl/N-ethyl adjacent to an activating group) is 1. The highest BCUT2D eigenvalue weighted by atomic mass is 32.2. The fraction of sp³-hybridized carbons (Fsp3) is 0.733. The molecule has 1 atom stereocenters. The summed E-state index contributed by atoms with van der Waals surface area (Å²) in [5.74, 6) is 0.849. The van der Waals surface area contributed by atoms with Gasteiger partial charge in [0.25, 0.3) is 5.91 Å². The zero-order valence-corrected chi connectivity index (χ0v) is 14.1. The second kappa shape index (κ2) is 7.96. The van der Waals surface area contributed by atoms with Crippen LogP contribution in [0.4, 0.5) is 0 Å². The third-order valence-electron chi connectivity index (χ3n) is 3.99. The van der Waals surface area contributed by atoms with Crippen LogP contribution in [-0.4, -0.2) is 60.9 Å². The molecule has 0 aliphatic carbocycles. The monoisotopic (exact) mass is 310 g/mol. The predicted molar refractivity (Wildman–Crippen MR) is 89.8 cm³/mol. The van der Waals surface area contributed by atoms with Gasteiger partial charge in [0.1, 0.15) is 0 Å². The lowest BCUT2D eigenvalue weighted by Crippen LogP contribution is -2.47. The Morgan fingerprint density at radius 1 is 1.57 bits per heavy atom. The Bertz CT molecular complexity index is 441. The van der Waals surface area contributed by atoms with E-state index in [1.54, 1.807) is 11.8 Å². The van der Waals surface area contributed by atoms with E-state index in [9.17, 15) is 4.79 Å². The molecule has 0 bridgehead atoms. The number of nitrogens with zero attached hydrogens (tertiary/aromatic N) is 2. The van der Waals surface area contributed by atoms with Gasteiger partial charge in [0.2, 0.25) is 0 Å². The highest BCUT2D eigenvalue weighted by Gasteiger charge is 2.22. The predicted octanol–water partition coefficient (Wildman–Crippen LogP) is 1.23. The number of aliphatic imine (C=N–C) groups is 1. The van der Waals surface area contributed by atoms with Gasteiger partial charge in [-0.15, -0.1) is 0 Å². The molecule has 1 fully saturated rings. The number of hydrogen-bond acceptors (Lipinski definition) is 5. The maximum atomic E-state index is 12.3. The second-order valence-corrected chi connectivity index (χ2v) is 6.71. The highest BCUT2D eigenvalue weighted by Crippen LogP contribution is 2.22. The molecule has 0 spiro atoms. The Kier molecular flexibility index (Phi) is 6.26. The van der Waals surface area contributed by atoms with E-state index < -0.39 is 0 Å². The quantitative estimate of drug-likeness (QED) is 0.802. The lowest BCUT2D eigenvalue weighted by molar-refractivity contribution is -0.115. The Hall–Kier alpha value is -0.850.